The van der Waals surface area contributed by atoms with E-state index in [4.69, 9.17) is 4.74 Å². The van der Waals surface area contributed by atoms with Crippen LogP contribution >= 0.6 is 27.7 Å². The van der Waals surface area contributed by atoms with Crippen molar-refractivity contribution < 1.29 is 14.3 Å². The Morgan fingerprint density at radius 3 is 2.89 bits per heavy atom. The number of thioether (sulfide) groups is 1. The number of carbonyl (C=O) groups excluding carboxylic acids is 1. The Hall–Kier alpha value is -1.27. The van der Waals surface area contributed by atoms with Crippen molar-refractivity contribution in [1.82, 2.24) is 4.98 Å². The minimum absolute atomic E-state index is 0.403. The van der Waals surface area contributed by atoms with E-state index in [1.165, 1.54) is 18.9 Å². The predicted octanol–water partition coefficient (Wildman–Crippen LogP) is 3.24. The van der Waals surface area contributed by atoms with Crippen LogP contribution in [-0.2, 0) is 9.53 Å². The summed E-state index contributed by atoms with van der Waals surface area (Å²) in [7, 11) is 1.34. The Morgan fingerprint density at radius 2 is 2.21 bits per heavy atom. The molecule has 0 aliphatic heterocycles. The zero-order valence-electron chi connectivity index (χ0n) is 10.4. The van der Waals surface area contributed by atoms with Crippen LogP contribution < -0.4 is 4.74 Å². The van der Waals surface area contributed by atoms with Gasteiger partial charge in [-0.3, -0.25) is 4.98 Å². The van der Waals surface area contributed by atoms with E-state index < -0.39 is 11.4 Å². The second-order valence-electron chi connectivity index (χ2n) is 3.72. The number of hydrogen-bond donors (Lipinski definition) is 0. The lowest BCUT2D eigenvalue weighted by Crippen LogP contribution is -2.24. The van der Waals surface area contributed by atoms with Crippen LogP contribution in [0.5, 0.6) is 5.75 Å². The number of ether oxygens (including phenoxy) is 2. The third kappa shape index (κ3) is 3.39. The van der Waals surface area contributed by atoms with Crippen LogP contribution in [0.2, 0.25) is 0 Å². The number of benzene rings is 1. The van der Waals surface area contributed by atoms with Gasteiger partial charge in [-0.05, 0) is 46.5 Å². The Kier molecular flexibility index (Phi) is 4.66. The number of fused-ring (bicyclic) bond motifs is 1. The largest absolute Gasteiger partial charge is 0.468 e. The normalized spacial score (nSPS) is 12.2. The van der Waals surface area contributed by atoms with Gasteiger partial charge in [0.2, 0.25) is 5.44 Å². The maximum atomic E-state index is 11.5. The Labute approximate surface area is 123 Å². The molecule has 0 bridgehead atoms. The van der Waals surface area contributed by atoms with Crippen molar-refractivity contribution in [3.05, 3.63) is 34.9 Å². The summed E-state index contributed by atoms with van der Waals surface area (Å²) in [5.74, 6) is 0.206. The number of nitrogens with zero attached hydrogens (tertiary/aromatic N) is 1. The lowest BCUT2D eigenvalue weighted by Gasteiger charge is -2.14. The minimum Gasteiger partial charge on any atom is -0.468 e. The standard InChI is InChI=1S/C13H12BrNO3S/c1-17-12(16)13(19-2)18-10-3-4-11-8(6-10)5-9(14)7-15-11/h3-7,13H,1-2H3. The van der Waals surface area contributed by atoms with Crippen molar-refractivity contribution in [3.8, 4) is 5.75 Å². The van der Waals surface area contributed by atoms with Gasteiger partial charge in [0.05, 0.1) is 12.6 Å². The average molecular weight is 342 g/mol. The van der Waals surface area contributed by atoms with E-state index in [0.717, 1.165) is 15.4 Å². The van der Waals surface area contributed by atoms with E-state index in [0.29, 0.717) is 5.75 Å². The molecule has 0 fully saturated rings. The lowest BCUT2D eigenvalue weighted by atomic mass is 10.2. The molecule has 0 aliphatic rings. The fourth-order valence-electron chi connectivity index (χ4n) is 1.57. The number of methoxy groups -OCH3 is 1. The monoisotopic (exact) mass is 341 g/mol. The topological polar surface area (TPSA) is 48.4 Å². The molecule has 1 heterocycles. The maximum absolute atomic E-state index is 11.5. The Balaban J connectivity index is 2.27. The fourth-order valence-corrected chi connectivity index (χ4v) is 2.41. The third-order valence-corrected chi connectivity index (χ3v) is 3.62. The molecule has 2 aromatic rings. The predicted molar refractivity (Wildman–Crippen MR) is 79.4 cm³/mol. The molecule has 0 spiro atoms. The maximum Gasteiger partial charge on any atom is 0.357 e. The summed E-state index contributed by atoms with van der Waals surface area (Å²) in [6, 6.07) is 7.43. The number of esters is 1. The van der Waals surface area contributed by atoms with Crippen LogP contribution in [0.3, 0.4) is 0 Å². The van der Waals surface area contributed by atoms with Gasteiger partial charge in [0.1, 0.15) is 5.75 Å². The van der Waals surface area contributed by atoms with Gasteiger partial charge in [0.15, 0.2) is 0 Å². The first-order valence-corrected chi connectivity index (χ1v) is 7.54. The number of carbonyl (C=O) groups is 1. The molecule has 0 N–H and O–H groups in total. The van der Waals surface area contributed by atoms with Crippen LogP contribution in [0.25, 0.3) is 10.9 Å². The van der Waals surface area contributed by atoms with Crippen molar-refractivity contribution >= 4 is 44.6 Å². The zero-order chi connectivity index (χ0) is 13.8. The van der Waals surface area contributed by atoms with Gasteiger partial charge in [-0.2, -0.15) is 0 Å². The molecule has 19 heavy (non-hydrogen) atoms. The van der Waals surface area contributed by atoms with Gasteiger partial charge >= 0.3 is 5.97 Å². The van der Waals surface area contributed by atoms with E-state index in [1.807, 2.05) is 18.2 Å². The van der Waals surface area contributed by atoms with E-state index in [2.05, 4.69) is 25.7 Å². The molecule has 1 unspecified atom stereocenters. The number of hydrogen-bond acceptors (Lipinski definition) is 5. The smallest absolute Gasteiger partial charge is 0.357 e. The van der Waals surface area contributed by atoms with Crippen LogP contribution in [0.1, 0.15) is 0 Å². The fraction of sp³-hybridized carbons (Fsp3) is 0.231. The highest BCUT2D eigenvalue weighted by Gasteiger charge is 2.19. The van der Waals surface area contributed by atoms with Crippen molar-refractivity contribution in [2.45, 2.75) is 5.44 Å². The van der Waals surface area contributed by atoms with Crippen molar-refractivity contribution in [1.29, 1.82) is 0 Å². The summed E-state index contributed by atoms with van der Waals surface area (Å²) in [5.41, 5.74) is 0.205. The van der Waals surface area contributed by atoms with E-state index >= 15 is 0 Å². The minimum atomic E-state index is -0.664. The molecular weight excluding hydrogens is 330 g/mol. The highest BCUT2D eigenvalue weighted by atomic mass is 79.9. The second kappa shape index (κ2) is 6.25. The molecule has 4 nitrogen and oxygen atoms in total. The SMILES string of the molecule is COC(=O)C(Oc1ccc2ncc(Br)cc2c1)SC. The van der Waals surface area contributed by atoms with Gasteiger partial charge in [-0.15, -0.1) is 11.8 Å². The van der Waals surface area contributed by atoms with Crippen molar-refractivity contribution in [3.63, 3.8) is 0 Å². The number of pyridine rings is 1. The summed E-state index contributed by atoms with van der Waals surface area (Å²) in [5, 5.41) is 0.941. The summed E-state index contributed by atoms with van der Waals surface area (Å²) in [4.78, 5) is 15.8. The molecular formula is C13H12BrNO3S. The Morgan fingerprint density at radius 1 is 1.42 bits per heavy atom. The summed E-state index contributed by atoms with van der Waals surface area (Å²) in [6.07, 6.45) is 3.53. The molecule has 0 aliphatic carbocycles. The quantitative estimate of drug-likeness (QED) is 0.631. The first kappa shape index (κ1) is 14.1. The van der Waals surface area contributed by atoms with Crippen LogP contribution in [-0.4, -0.2) is 29.8 Å². The second-order valence-corrected chi connectivity index (χ2v) is 5.53. The van der Waals surface area contributed by atoms with Gasteiger partial charge in [0.25, 0.3) is 0 Å². The molecule has 0 radical (unpaired) electrons. The molecule has 1 aromatic heterocycles. The van der Waals surface area contributed by atoms with Crippen LogP contribution in [0.4, 0.5) is 0 Å². The number of halogens is 1. The highest BCUT2D eigenvalue weighted by molar-refractivity contribution is 9.10. The zero-order valence-corrected chi connectivity index (χ0v) is 12.8. The third-order valence-electron chi connectivity index (χ3n) is 2.47. The highest BCUT2D eigenvalue weighted by Crippen LogP contribution is 2.24. The molecule has 2 rings (SSSR count). The van der Waals surface area contributed by atoms with Crippen molar-refractivity contribution in [2.24, 2.45) is 0 Å². The summed E-state index contributed by atoms with van der Waals surface area (Å²) in [6.45, 7) is 0. The average Bonchev–Trinajstić information content (AvgIpc) is 2.43. The van der Waals surface area contributed by atoms with Crippen molar-refractivity contribution in [2.75, 3.05) is 13.4 Å². The van der Waals surface area contributed by atoms with E-state index in [9.17, 15) is 4.79 Å². The van der Waals surface area contributed by atoms with Gasteiger partial charge < -0.3 is 9.47 Å². The summed E-state index contributed by atoms with van der Waals surface area (Å²) >= 11 is 4.66. The van der Waals surface area contributed by atoms with E-state index in [1.54, 1.807) is 18.5 Å². The van der Waals surface area contributed by atoms with E-state index in [-0.39, 0.29) is 0 Å². The molecule has 0 amide bonds. The van der Waals surface area contributed by atoms with Gasteiger partial charge in [0, 0.05) is 16.1 Å². The number of aromatic nitrogens is 1. The first-order chi connectivity index (χ1) is 9.13. The first-order valence-electron chi connectivity index (χ1n) is 5.46. The van der Waals surface area contributed by atoms with Gasteiger partial charge in [-0.1, -0.05) is 0 Å². The Bertz CT molecular complexity index is 605. The molecule has 100 valence electrons. The van der Waals surface area contributed by atoms with Crippen LogP contribution in [0, 0.1) is 0 Å². The molecule has 1 atom stereocenters. The molecule has 0 saturated heterocycles. The molecule has 0 saturated carbocycles. The molecule has 1 aromatic carbocycles. The number of rotatable bonds is 4. The van der Waals surface area contributed by atoms with Crippen LogP contribution in [0.15, 0.2) is 34.9 Å². The molecule has 6 heteroatoms. The summed E-state index contributed by atoms with van der Waals surface area (Å²) < 4.78 is 11.2. The lowest BCUT2D eigenvalue weighted by molar-refractivity contribution is -0.144. The van der Waals surface area contributed by atoms with Gasteiger partial charge in [-0.25, -0.2) is 4.79 Å².